The van der Waals surface area contributed by atoms with Crippen molar-refractivity contribution in [2.75, 3.05) is 51.6 Å². The third kappa shape index (κ3) is 5.21. The van der Waals surface area contributed by atoms with Gasteiger partial charge in [-0.2, -0.15) is 0 Å². The van der Waals surface area contributed by atoms with Gasteiger partial charge >= 0.3 is 0 Å². The molecule has 1 aromatic carbocycles. The summed E-state index contributed by atoms with van der Waals surface area (Å²) in [5.74, 6) is 0. The number of likely N-dealkylation sites (tertiary alicyclic amines) is 1. The molecule has 1 N–H and O–H groups in total. The molecule has 0 bridgehead atoms. The van der Waals surface area contributed by atoms with Crippen LogP contribution >= 0.6 is 0 Å². The van der Waals surface area contributed by atoms with Gasteiger partial charge in [0, 0.05) is 31.9 Å². The molecule has 1 aliphatic heterocycles. The van der Waals surface area contributed by atoms with Crippen molar-refractivity contribution < 1.29 is 0 Å². The SMILES string of the molecule is Cc1cccc(NCCN(C)CCN2CCCC2)c1. The number of likely N-dealkylation sites (N-methyl/N-ethyl adjacent to an activating group) is 1. The molecule has 3 nitrogen and oxygen atoms in total. The Labute approximate surface area is 117 Å². The average molecular weight is 261 g/mol. The van der Waals surface area contributed by atoms with Crippen LogP contribution in [0.3, 0.4) is 0 Å². The minimum Gasteiger partial charge on any atom is -0.384 e. The van der Waals surface area contributed by atoms with Crippen LogP contribution in [0.25, 0.3) is 0 Å². The van der Waals surface area contributed by atoms with E-state index in [0.29, 0.717) is 0 Å². The van der Waals surface area contributed by atoms with Crippen molar-refractivity contribution in [1.82, 2.24) is 9.80 Å². The molecular formula is C16H27N3. The predicted molar refractivity (Wildman–Crippen MR) is 82.8 cm³/mol. The van der Waals surface area contributed by atoms with Gasteiger partial charge in [-0.15, -0.1) is 0 Å². The second kappa shape index (κ2) is 7.51. The number of hydrogen-bond acceptors (Lipinski definition) is 3. The molecule has 0 radical (unpaired) electrons. The van der Waals surface area contributed by atoms with Gasteiger partial charge in [-0.25, -0.2) is 0 Å². The molecule has 2 rings (SSSR count). The number of rotatable bonds is 7. The Morgan fingerprint density at radius 1 is 1.21 bits per heavy atom. The molecule has 0 amide bonds. The first-order chi connectivity index (χ1) is 9.24. The number of hydrogen-bond donors (Lipinski definition) is 1. The van der Waals surface area contributed by atoms with Crippen molar-refractivity contribution in [2.45, 2.75) is 19.8 Å². The lowest BCUT2D eigenvalue weighted by Gasteiger charge is -2.21. The van der Waals surface area contributed by atoms with Gasteiger partial charge in [-0.1, -0.05) is 12.1 Å². The summed E-state index contributed by atoms with van der Waals surface area (Å²) in [6.45, 7) is 9.25. The summed E-state index contributed by atoms with van der Waals surface area (Å²) in [5.41, 5.74) is 2.54. The molecule has 0 spiro atoms. The fourth-order valence-electron chi connectivity index (χ4n) is 2.58. The highest BCUT2D eigenvalue weighted by Crippen LogP contribution is 2.09. The monoisotopic (exact) mass is 261 g/mol. The Morgan fingerprint density at radius 2 is 2.00 bits per heavy atom. The van der Waals surface area contributed by atoms with E-state index in [2.05, 4.69) is 53.4 Å². The molecule has 0 atom stereocenters. The van der Waals surface area contributed by atoms with Gasteiger partial charge in [0.25, 0.3) is 0 Å². The van der Waals surface area contributed by atoms with Gasteiger partial charge in [0.2, 0.25) is 0 Å². The lowest BCUT2D eigenvalue weighted by atomic mass is 10.2. The maximum atomic E-state index is 3.49. The van der Waals surface area contributed by atoms with E-state index in [9.17, 15) is 0 Å². The number of benzene rings is 1. The van der Waals surface area contributed by atoms with Gasteiger partial charge < -0.3 is 15.1 Å². The van der Waals surface area contributed by atoms with E-state index < -0.39 is 0 Å². The van der Waals surface area contributed by atoms with E-state index in [0.717, 1.165) is 13.1 Å². The molecule has 3 heteroatoms. The van der Waals surface area contributed by atoms with E-state index in [1.54, 1.807) is 0 Å². The molecule has 19 heavy (non-hydrogen) atoms. The second-order valence-electron chi connectivity index (χ2n) is 5.65. The first-order valence-electron chi connectivity index (χ1n) is 7.45. The Morgan fingerprint density at radius 3 is 2.74 bits per heavy atom. The molecule has 0 saturated carbocycles. The quantitative estimate of drug-likeness (QED) is 0.813. The normalized spacial score (nSPS) is 16.2. The summed E-state index contributed by atoms with van der Waals surface area (Å²) in [6.07, 6.45) is 2.78. The molecular weight excluding hydrogens is 234 g/mol. The maximum absolute atomic E-state index is 3.49. The van der Waals surface area contributed by atoms with Crippen molar-refractivity contribution in [2.24, 2.45) is 0 Å². The van der Waals surface area contributed by atoms with Crippen LogP contribution in [0.1, 0.15) is 18.4 Å². The molecule has 1 saturated heterocycles. The highest BCUT2D eigenvalue weighted by molar-refractivity contribution is 5.45. The van der Waals surface area contributed by atoms with Crippen LogP contribution in [-0.4, -0.2) is 56.1 Å². The molecule has 1 aliphatic rings. The predicted octanol–water partition coefficient (Wildman–Crippen LogP) is 2.43. The van der Waals surface area contributed by atoms with Gasteiger partial charge in [0.15, 0.2) is 0 Å². The lowest BCUT2D eigenvalue weighted by Crippen LogP contribution is -2.33. The minimum absolute atomic E-state index is 1.01. The second-order valence-corrected chi connectivity index (χ2v) is 5.65. The topological polar surface area (TPSA) is 18.5 Å². The van der Waals surface area contributed by atoms with E-state index >= 15 is 0 Å². The first-order valence-corrected chi connectivity index (χ1v) is 7.45. The average Bonchev–Trinajstić information content (AvgIpc) is 2.89. The van der Waals surface area contributed by atoms with Crippen LogP contribution in [0.15, 0.2) is 24.3 Å². The Balaban J connectivity index is 1.59. The van der Waals surface area contributed by atoms with Crippen LogP contribution in [0.2, 0.25) is 0 Å². The number of aryl methyl sites for hydroxylation is 1. The van der Waals surface area contributed by atoms with Gasteiger partial charge in [0.1, 0.15) is 0 Å². The van der Waals surface area contributed by atoms with E-state index in [-0.39, 0.29) is 0 Å². The highest BCUT2D eigenvalue weighted by atomic mass is 15.2. The number of nitrogens with one attached hydrogen (secondary N) is 1. The Hall–Kier alpha value is -1.06. The zero-order valence-corrected chi connectivity index (χ0v) is 12.4. The fraction of sp³-hybridized carbons (Fsp3) is 0.625. The summed E-state index contributed by atoms with van der Waals surface area (Å²) < 4.78 is 0. The van der Waals surface area contributed by atoms with Crippen molar-refractivity contribution in [3.8, 4) is 0 Å². The Bertz CT molecular complexity index is 372. The van der Waals surface area contributed by atoms with E-state index in [1.165, 1.54) is 50.3 Å². The molecule has 0 aliphatic carbocycles. The lowest BCUT2D eigenvalue weighted by molar-refractivity contribution is 0.262. The van der Waals surface area contributed by atoms with Gasteiger partial charge in [0.05, 0.1) is 0 Å². The van der Waals surface area contributed by atoms with Crippen LogP contribution < -0.4 is 5.32 Å². The van der Waals surface area contributed by atoms with Crippen molar-refractivity contribution >= 4 is 5.69 Å². The molecule has 1 fully saturated rings. The first kappa shape index (κ1) is 14.4. The third-order valence-corrected chi connectivity index (χ3v) is 3.84. The molecule has 1 aromatic rings. The van der Waals surface area contributed by atoms with Crippen molar-refractivity contribution in [3.63, 3.8) is 0 Å². The standard InChI is InChI=1S/C16H27N3/c1-15-6-5-7-16(14-15)17-8-11-18(2)12-13-19-9-3-4-10-19/h5-7,14,17H,3-4,8-13H2,1-2H3. The van der Waals surface area contributed by atoms with Crippen LogP contribution in [0, 0.1) is 6.92 Å². The summed E-state index contributed by atoms with van der Waals surface area (Å²) in [7, 11) is 2.22. The molecule has 0 aromatic heterocycles. The van der Waals surface area contributed by atoms with Crippen molar-refractivity contribution in [3.05, 3.63) is 29.8 Å². The fourth-order valence-corrected chi connectivity index (χ4v) is 2.58. The minimum atomic E-state index is 1.01. The summed E-state index contributed by atoms with van der Waals surface area (Å²) in [4.78, 5) is 4.99. The summed E-state index contributed by atoms with van der Waals surface area (Å²) in [6, 6.07) is 8.57. The maximum Gasteiger partial charge on any atom is 0.0343 e. The third-order valence-electron chi connectivity index (χ3n) is 3.84. The van der Waals surface area contributed by atoms with Gasteiger partial charge in [-0.05, 0) is 57.6 Å². The van der Waals surface area contributed by atoms with Crippen molar-refractivity contribution in [1.29, 1.82) is 0 Å². The van der Waals surface area contributed by atoms with E-state index in [4.69, 9.17) is 0 Å². The smallest absolute Gasteiger partial charge is 0.0343 e. The van der Waals surface area contributed by atoms with Crippen LogP contribution in [0.5, 0.6) is 0 Å². The summed E-state index contributed by atoms with van der Waals surface area (Å²) in [5, 5.41) is 3.49. The molecule has 0 unspecified atom stereocenters. The molecule has 1 heterocycles. The van der Waals surface area contributed by atoms with Crippen LogP contribution in [-0.2, 0) is 0 Å². The Kier molecular flexibility index (Phi) is 5.67. The number of anilines is 1. The van der Waals surface area contributed by atoms with Gasteiger partial charge in [-0.3, -0.25) is 0 Å². The zero-order valence-electron chi connectivity index (χ0n) is 12.4. The zero-order chi connectivity index (χ0) is 13.5. The number of nitrogens with zero attached hydrogens (tertiary/aromatic N) is 2. The summed E-state index contributed by atoms with van der Waals surface area (Å²) >= 11 is 0. The van der Waals surface area contributed by atoms with Crippen LogP contribution in [0.4, 0.5) is 5.69 Å². The largest absolute Gasteiger partial charge is 0.384 e. The highest BCUT2D eigenvalue weighted by Gasteiger charge is 2.11. The van der Waals surface area contributed by atoms with E-state index in [1.807, 2.05) is 0 Å². The molecule has 106 valence electrons.